The van der Waals surface area contributed by atoms with Gasteiger partial charge in [-0.1, -0.05) is 23.5 Å². The summed E-state index contributed by atoms with van der Waals surface area (Å²) in [7, 11) is 0. The fraction of sp³-hybridized carbons (Fsp3) is 0.250. The minimum atomic E-state index is -0.383. The van der Waals surface area contributed by atoms with Gasteiger partial charge in [0.15, 0.2) is 0 Å². The summed E-state index contributed by atoms with van der Waals surface area (Å²) in [6.45, 7) is 2.47. The first-order chi connectivity index (χ1) is 14.1. The molecule has 0 saturated carbocycles. The SMILES string of the molecule is O=C(Nc1ccc(F)cc1)c1nnc(CN2CCOC(c3ccc(F)cc3)C2)s1. The highest BCUT2D eigenvalue weighted by molar-refractivity contribution is 7.13. The van der Waals surface area contributed by atoms with Crippen molar-refractivity contribution in [3.63, 3.8) is 0 Å². The van der Waals surface area contributed by atoms with Crippen LogP contribution in [0.25, 0.3) is 0 Å². The Kier molecular flexibility index (Phi) is 5.89. The van der Waals surface area contributed by atoms with E-state index in [1.54, 1.807) is 12.1 Å². The molecule has 3 aromatic rings. The number of anilines is 1. The Morgan fingerprint density at radius 1 is 1.10 bits per heavy atom. The number of nitrogens with zero attached hydrogens (tertiary/aromatic N) is 3. The van der Waals surface area contributed by atoms with Gasteiger partial charge in [-0.15, -0.1) is 10.2 Å². The van der Waals surface area contributed by atoms with E-state index in [-0.39, 0.29) is 28.7 Å². The summed E-state index contributed by atoms with van der Waals surface area (Å²) in [5, 5.41) is 11.7. The maximum atomic E-state index is 13.1. The van der Waals surface area contributed by atoms with Crippen LogP contribution in [0, 0.1) is 11.6 Å². The Labute approximate surface area is 170 Å². The Morgan fingerprint density at radius 2 is 1.79 bits per heavy atom. The van der Waals surface area contributed by atoms with E-state index in [2.05, 4.69) is 20.4 Å². The van der Waals surface area contributed by atoms with Gasteiger partial charge in [0.1, 0.15) is 16.6 Å². The number of amides is 1. The number of ether oxygens (including phenoxy) is 1. The van der Waals surface area contributed by atoms with E-state index >= 15 is 0 Å². The van der Waals surface area contributed by atoms with Crippen LogP contribution in [0.2, 0.25) is 0 Å². The van der Waals surface area contributed by atoms with E-state index in [1.165, 1.54) is 47.7 Å². The Hall–Kier alpha value is -2.75. The summed E-state index contributed by atoms with van der Waals surface area (Å²) < 4.78 is 31.9. The quantitative estimate of drug-likeness (QED) is 0.688. The van der Waals surface area contributed by atoms with Crippen molar-refractivity contribution in [1.29, 1.82) is 0 Å². The molecule has 1 atom stereocenters. The summed E-state index contributed by atoms with van der Waals surface area (Å²) in [6, 6.07) is 11.8. The van der Waals surface area contributed by atoms with Crippen molar-refractivity contribution in [2.45, 2.75) is 12.6 Å². The second kappa shape index (κ2) is 8.73. The summed E-state index contributed by atoms with van der Waals surface area (Å²) in [5.41, 5.74) is 1.41. The molecule has 0 spiro atoms. The lowest BCUT2D eigenvalue weighted by atomic mass is 10.1. The van der Waals surface area contributed by atoms with Crippen molar-refractivity contribution in [2.24, 2.45) is 0 Å². The van der Waals surface area contributed by atoms with Crippen molar-refractivity contribution >= 4 is 22.9 Å². The predicted molar refractivity (Wildman–Crippen MR) is 105 cm³/mol. The molecule has 6 nitrogen and oxygen atoms in total. The number of benzene rings is 2. The number of carbonyl (C=O) groups excluding carboxylic acids is 1. The van der Waals surface area contributed by atoms with Crippen LogP contribution in [0.3, 0.4) is 0 Å². The van der Waals surface area contributed by atoms with Gasteiger partial charge in [0, 0.05) is 18.8 Å². The van der Waals surface area contributed by atoms with Gasteiger partial charge in [-0.3, -0.25) is 9.69 Å². The van der Waals surface area contributed by atoms with Gasteiger partial charge < -0.3 is 10.1 Å². The highest BCUT2D eigenvalue weighted by atomic mass is 32.1. The number of hydrogen-bond donors (Lipinski definition) is 1. The Morgan fingerprint density at radius 3 is 2.52 bits per heavy atom. The van der Waals surface area contributed by atoms with E-state index in [0.717, 1.165) is 12.1 Å². The first-order valence-corrected chi connectivity index (χ1v) is 9.87. The molecule has 1 N–H and O–H groups in total. The fourth-order valence-electron chi connectivity index (χ4n) is 3.04. The van der Waals surface area contributed by atoms with Crippen molar-refractivity contribution in [2.75, 3.05) is 25.0 Å². The monoisotopic (exact) mass is 416 g/mol. The van der Waals surface area contributed by atoms with Crippen LogP contribution in [0.1, 0.15) is 26.5 Å². The number of hydrogen-bond acceptors (Lipinski definition) is 6. The molecular weight excluding hydrogens is 398 g/mol. The van der Waals surface area contributed by atoms with Crippen LogP contribution in [-0.2, 0) is 11.3 Å². The first-order valence-electron chi connectivity index (χ1n) is 9.05. The van der Waals surface area contributed by atoms with Crippen LogP contribution < -0.4 is 5.32 Å². The highest BCUT2D eigenvalue weighted by Gasteiger charge is 2.23. The molecule has 0 bridgehead atoms. The third kappa shape index (κ3) is 5.00. The Balaban J connectivity index is 1.36. The Bertz CT molecular complexity index is 979. The number of morpholine rings is 1. The van der Waals surface area contributed by atoms with E-state index in [0.29, 0.717) is 30.4 Å². The predicted octanol–water partition coefficient (Wildman–Crippen LogP) is 3.64. The molecule has 1 aliphatic heterocycles. The van der Waals surface area contributed by atoms with Crippen LogP contribution in [0.15, 0.2) is 48.5 Å². The van der Waals surface area contributed by atoms with E-state index < -0.39 is 0 Å². The molecule has 0 radical (unpaired) electrons. The maximum absolute atomic E-state index is 13.1. The molecule has 1 unspecified atom stereocenters. The third-order valence-electron chi connectivity index (χ3n) is 4.51. The lowest BCUT2D eigenvalue weighted by molar-refractivity contribution is -0.0330. The average molecular weight is 416 g/mol. The van der Waals surface area contributed by atoms with Crippen molar-refractivity contribution in [3.05, 3.63) is 75.7 Å². The fourth-order valence-corrected chi connectivity index (χ4v) is 3.82. The zero-order valence-corrected chi connectivity index (χ0v) is 16.2. The molecular formula is C20H18F2N4O2S. The molecule has 0 aliphatic carbocycles. The molecule has 9 heteroatoms. The van der Waals surface area contributed by atoms with Crippen LogP contribution in [0.5, 0.6) is 0 Å². The van der Waals surface area contributed by atoms with Gasteiger partial charge >= 0.3 is 0 Å². The lowest BCUT2D eigenvalue weighted by Crippen LogP contribution is -2.37. The van der Waals surface area contributed by atoms with E-state index in [9.17, 15) is 13.6 Å². The van der Waals surface area contributed by atoms with Gasteiger partial charge in [-0.05, 0) is 42.0 Å². The second-order valence-electron chi connectivity index (χ2n) is 6.61. The summed E-state index contributed by atoms with van der Waals surface area (Å²) in [6.07, 6.45) is -0.140. The van der Waals surface area contributed by atoms with Crippen molar-refractivity contribution in [1.82, 2.24) is 15.1 Å². The number of carbonyl (C=O) groups is 1. The van der Waals surface area contributed by atoms with Gasteiger partial charge in [0.25, 0.3) is 5.91 Å². The third-order valence-corrected chi connectivity index (χ3v) is 5.42. The zero-order valence-electron chi connectivity index (χ0n) is 15.3. The molecule has 2 aromatic carbocycles. The summed E-state index contributed by atoms with van der Waals surface area (Å²) >= 11 is 1.22. The summed E-state index contributed by atoms with van der Waals surface area (Å²) in [4.78, 5) is 14.5. The maximum Gasteiger partial charge on any atom is 0.286 e. The first kappa shape index (κ1) is 19.6. The zero-order chi connectivity index (χ0) is 20.2. The molecule has 1 aliphatic rings. The van der Waals surface area contributed by atoms with Crippen LogP contribution in [-0.4, -0.2) is 40.7 Å². The molecule has 1 fully saturated rings. The molecule has 2 heterocycles. The standard InChI is InChI=1S/C20H18F2N4O2S/c21-14-3-1-13(2-4-14)17-11-26(9-10-28-17)12-18-24-25-20(29-18)19(27)23-16-7-5-15(22)6-8-16/h1-8,17H,9-12H2,(H,23,27). The highest BCUT2D eigenvalue weighted by Crippen LogP contribution is 2.24. The topological polar surface area (TPSA) is 67.4 Å². The van der Waals surface area contributed by atoms with Crippen LogP contribution >= 0.6 is 11.3 Å². The number of nitrogens with one attached hydrogen (secondary N) is 1. The molecule has 1 aromatic heterocycles. The van der Waals surface area contributed by atoms with E-state index in [4.69, 9.17) is 4.74 Å². The number of halogens is 2. The van der Waals surface area contributed by atoms with Gasteiger partial charge in [0.05, 0.1) is 19.3 Å². The second-order valence-corrected chi connectivity index (χ2v) is 7.67. The number of aromatic nitrogens is 2. The van der Waals surface area contributed by atoms with Crippen molar-refractivity contribution in [3.8, 4) is 0 Å². The molecule has 150 valence electrons. The normalized spacial score (nSPS) is 17.2. The van der Waals surface area contributed by atoms with Crippen molar-refractivity contribution < 1.29 is 18.3 Å². The molecule has 1 saturated heterocycles. The average Bonchev–Trinajstić information content (AvgIpc) is 3.19. The lowest BCUT2D eigenvalue weighted by Gasteiger charge is -2.32. The molecule has 1 amide bonds. The minimum Gasteiger partial charge on any atom is -0.371 e. The molecule has 4 rings (SSSR count). The summed E-state index contributed by atoms with van der Waals surface area (Å²) in [5.74, 6) is -1.03. The van der Waals surface area contributed by atoms with Gasteiger partial charge in [-0.2, -0.15) is 0 Å². The molecule has 29 heavy (non-hydrogen) atoms. The number of rotatable bonds is 5. The van der Waals surface area contributed by atoms with E-state index in [1.807, 2.05) is 0 Å². The smallest absolute Gasteiger partial charge is 0.286 e. The van der Waals surface area contributed by atoms with Gasteiger partial charge in [0.2, 0.25) is 5.01 Å². The minimum absolute atomic E-state index is 0.140. The van der Waals surface area contributed by atoms with Gasteiger partial charge in [-0.25, -0.2) is 8.78 Å². The van der Waals surface area contributed by atoms with Crippen LogP contribution in [0.4, 0.5) is 14.5 Å². The largest absolute Gasteiger partial charge is 0.371 e.